The van der Waals surface area contributed by atoms with E-state index in [-0.39, 0.29) is 5.92 Å². The molecule has 6 heteroatoms. The van der Waals surface area contributed by atoms with Gasteiger partial charge in [-0.1, -0.05) is 13.8 Å². The van der Waals surface area contributed by atoms with Gasteiger partial charge >= 0.3 is 0 Å². The highest BCUT2D eigenvalue weighted by Gasteiger charge is 2.26. The van der Waals surface area contributed by atoms with Crippen LogP contribution >= 0.6 is 0 Å². The first-order chi connectivity index (χ1) is 9.17. The van der Waals surface area contributed by atoms with Gasteiger partial charge in [-0.3, -0.25) is 0 Å². The Labute approximate surface area is 112 Å². The van der Waals surface area contributed by atoms with Crippen molar-refractivity contribution < 1.29 is 0 Å². The van der Waals surface area contributed by atoms with Crippen molar-refractivity contribution in [2.24, 2.45) is 5.84 Å². The largest absolute Gasteiger partial charge is 0.308 e. The van der Waals surface area contributed by atoms with Crippen LogP contribution in [0.2, 0.25) is 0 Å². The van der Waals surface area contributed by atoms with Gasteiger partial charge in [0.25, 0.3) is 0 Å². The fraction of sp³-hybridized carbons (Fsp3) is 0.462. The Morgan fingerprint density at radius 1 is 1.37 bits per heavy atom. The van der Waals surface area contributed by atoms with Crippen LogP contribution in [0.15, 0.2) is 18.3 Å². The van der Waals surface area contributed by atoms with Crippen molar-refractivity contribution in [3.63, 3.8) is 0 Å². The Morgan fingerprint density at radius 2 is 2.16 bits per heavy atom. The molecule has 2 aromatic rings. The zero-order chi connectivity index (χ0) is 13.4. The number of rotatable bonds is 4. The molecule has 0 radical (unpaired) electrons. The molecule has 3 rings (SSSR count). The summed E-state index contributed by atoms with van der Waals surface area (Å²) in [5.74, 6) is 8.45. The number of hydrogen-bond donors (Lipinski definition) is 2. The van der Waals surface area contributed by atoms with Gasteiger partial charge in [0.1, 0.15) is 11.6 Å². The van der Waals surface area contributed by atoms with Crippen LogP contribution in [0.5, 0.6) is 0 Å². The van der Waals surface area contributed by atoms with Crippen molar-refractivity contribution in [2.45, 2.75) is 38.5 Å². The molecule has 1 aliphatic carbocycles. The first kappa shape index (κ1) is 12.1. The van der Waals surface area contributed by atoms with E-state index in [1.54, 1.807) is 10.7 Å². The minimum absolute atomic E-state index is 0.241. The molecule has 100 valence electrons. The number of anilines is 1. The van der Waals surface area contributed by atoms with Gasteiger partial charge in [0.2, 0.25) is 0 Å². The molecule has 6 nitrogen and oxygen atoms in total. The molecule has 0 bridgehead atoms. The van der Waals surface area contributed by atoms with E-state index in [9.17, 15) is 0 Å². The SMILES string of the molecule is CC(C)c1nc(NN)cc(-n2ccc(C3CC3)n2)n1. The number of hydrazine groups is 1. The molecule has 2 aromatic heterocycles. The van der Waals surface area contributed by atoms with Crippen molar-refractivity contribution in [1.29, 1.82) is 0 Å². The van der Waals surface area contributed by atoms with Gasteiger partial charge in [0.15, 0.2) is 5.82 Å². The van der Waals surface area contributed by atoms with Crippen LogP contribution in [-0.4, -0.2) is 19.7 Å². The minimum Gasteiger partial charge on any atom is -0.308 e. The summed E-state index contributed by atoms with van der Waals surface area (Å²) in [6, 6.07) is 3.86. The Kier molecular flexibility index (Phi) is 2.94. The van der Waals surface area contributed by atoms with Gasteiger partial charge in [-0.15, -0.1) is 0 Å². The lowest BCUT2D eigenvalue weighted by atomic mass is 10.2. The maximum Gasteiger partial charge on any atom is 0.159 e. The molecule has 0 amide bonds. The van der Waals surface area contributed by atoms with Crippen LogP contribution in [0, 0.1) is 0 Å². The minimum atomic E-state index is 0.241. The third-order valence-corrected chi connectivity index (χ3v) is 3.23. The second-order valence-corrected chi connectivity index (χ2v) is 5.23. The van der Waals surface area contributed by atoms with Crippen LogP contribution in [0.25, 0.3) is 5.82 Å². The molecule has 0 aromatic carbocycles. The van der Waals surface area contributed by atoms with Crippen molar-refractivity contribution in [2.75, 3.05) is 5.43 Å². The van der Waals surface area contributed by atoms with Crippen molar-refractivity contribution in [3.05, 3.63) is 29.8 Å². The molecule has 3 N–H and O–H groups in total. The standard InChI is InChI=1S/C13H18N6/c1-8(2)13-15-11(17-14)7-12(16-13)19-6-5-10(18-19)9-3-4-9/h5-9H,3-4,14H2,1-2H3,(H,15,16,17). The van der Waals surface area contributed by atoms with Gasteiger partial charge in [0, 0.05) is 24.1 Å². The Bertz CT molecular complexity index is 585. The van der Waals surface area contributed by atoms with Crippen LogP contribution in [0.3, 0.4) is 0 Å². The van der Waals surface area contributed by atoms with E-state index in [4.69, 9.17) is 5.84 Å². The molecule has 0 spiro atoms. The maximum atomic E-state index is 5.46. The second-order valence-electron chi connectivity index (χ2n) is 5.23. The Hall–Kier alpha value is -1.95. The monoisotopic (exact) mass is 258 g/mol. The van der Waals surface area contributed by atoms with E-state index in [1.165, 1.54) is 12.8 Å². The van der Waals surface area contributed by atoms with Crippen molar-refractivity contribution in [3.8, 4) is 5.82 Å². The lowest BCUT2D eigenvalue weighted by molar-refractivity contribution is 0.740. The van der Waals surface area contributed by atoms with E-state index in [0.29, 0.717) is 11.7 Å². The lowest BCUT2D eigenvalue weighted by Gasteiger charge is -2.09. The summed E-state index contributed by atoms with van der Waals surface area (Å²) in [5, 5.41) is 4.58. The number of nitrogens with one attached hydrogen (secondary N) is 1. The Morgan fingerprint density at radius 3 is 2.79 bits per heavy atom. The predicted octanol–water partition coefficient (Wildman–Crippen LogP) is 1.95. The van der Waals surface area contributed by atoms with Gasteiger partial charge in [-0.25, -0.2) is 20.5 Å². The second kappa shape index (κ2) is 4.62. The molecular weight excluding hydrogens is 240 g/mol. The van der Waals surface area contributed by atoms with Gasteiger partial charge in [-0.05, 0) is 18.9 Å². The molecule has 0 saturated heterocycles. The average molecular weight is 258 g/mol. The molecule has 0 unspecified atom stereocenters. The fourth-order valence-electron chi connectivity index (χ4n) is 1.96. The molecule has 1 fully saturated rings. The molecule has 0 atom stereocenters. The molecule has 2 heterocycles. The average Bonchev–Trinajstić information content (AvgIpc) is 3.15. The molecule has 19 heavy (non-hydrogen) atoms. The normalized spacial score (nSPS) is 14.9. The third-order valence-electron chi connectivity index (χ3n) is 3.23. The Balaban J connectivity index is 1.99. The molecule has 1 aliphatic rings. The number of nitrogens with two attached hydrogens (primary N) is 1. The van der Waals surface area contributed by atoms with Crippen molar-refractivity contribution >= 4 is 5.82 Å². The van der Waals surface area contributed by atoms with Crippen LogP contribution < -0.4 is 11.3 Å². The number of hydrogen-bond acceptors (Lipinski definition) is 5. The predicted molar refractivity (Wildman–Crippen MR) is 73.0 cm³/mol. The summed E-state index contributed by atoms with van der Waals surface area (Å²) < 4.78 is 1.79. The summed E-state index contributed by atoms with van der Waals surface area (Å²) in [4.78, 5) is 8.88. The smallest absolute Gasteiger partial charge is 0.159 e. The maximum absolute atomic E-state index is 5.46. The molecule has 1 saturated carbocycles. The number of nitrogens with zero attached hydrogens (tertiary/aromatic N) is 4. The highest BCUT2D eigenvalue weighted by Crippen LogP contribution is 2.39. The van der Waals surface area contributed by atoms with E-state index in [1.807, 2.05) is 6.20 Å². The number of nitrogen functional groups attached to an aromatic ring is 1. The summed E-state index contributed by atoms with van der Waals surface area (Å²) in [6.07, 6.45) is 4.43. The topological polar surface area (TPSA) is 81.6 Å². The lowest BCUT2D eigenvalue weighted by Crippen LogP contribution is -2.13. The van der Waals surface area contributed by atoms with Gasteiger partial charge in [0.05, 0.1) is 5.69 Å². The first-order valence-corrected chi connectivity index (χ1v) is 6.59. The highest BCUT2D eigenvalue weighted by atomic mass is 15.3. The van der Waals surface area contributed by atoms with E-state index in [2.05, 4.69) is 40.4 Å². The highest BCUT2D eigenvalue weighted by molar-refractivity contribution is 5.40. The van der Waals surface area contributed by atoms with Gasteiger partial charge in [-0.2, -0.15) is 5.10 Å². The van der Waals surface area contributed by atoms with E-state index < -0.39 is 0 Å². The summed E-state index contributed by atoms with van der Waals surface area (Å²) in [7, 11) is 0. The van der Waals surface area contributed by atoms with Crippen LogP contribution in [0.1, 0.15) is 50.0 Å². The van der Waals surface area contributed by atoms with Gasteiger partial charge < -0.3 is 5.43 Å². The summed E-state index contributed by atoms with van der Waals surface area (Å²) >= 11 is 0. The summed E-state index contributed by atoms with van der Waals surface area (Å²) in [5.41, 5.74) is 3.73. The zero-order valence-electron chi connectivity index (χ0n) is 11.2. The summed E-state index contributed by atoms with van der Waals surface area (Å²) in [6.45, 7) is 4.11. The van der Waals surface area contributed by atoms with Crippen LogP contribution in [-0.2, 0) is 0 Å². The van der Waals surface area contributed by atoms with E-state index in [0.717, 1.165) is 17.3 Å². The number of aromatic nitrogens is 4. The quantitative estimate of drug-likeness (QED) is 0.647. The van der Waals surface area contributed by atoms with Crippen molar-refractivity contribution in [1.82, 2.24) is 19.7 Å². The zero-order valence-corrected chi connectivity index (χ0v) is 11.2. The molecular formula is C13H18N6. The fourth-order valence-corrected chi connectivity index (χ4v) is 1.96. The first-order valence-electron chi connectivity index (χ1n) is 6.59. The van der Waals surface area contributed by atoms with E-state index >= 15 is 0 Å². The van der Waals surface area contributed by atoms with Crippen LogP contribution in [0.4, 0.5) is 5.82 Å². The molecule has 0 aliphatic heterocycles. The third kappa shape index (κ3) is 2.44.